The highest BCUT2D eigenvalue weighted by atomic mass is 16.6. The summed E-state index contributed by atoms with van der Waals surface area (Å²) in [7, 11) is 1.66. The molecule has 0 saturated heterocycles. The van der Waals surface area contributed by atoms with E-state index >= 15 is 0 Å². The fraction of sp³-hybridized carbons (Fsp3) is 0.154. The Kier molecular flexibility index (Phi) is 4.11. The van der Waals surface area contributed by atoms with Crippen LogP contribution in [-0.4, -0.2) is 22.1 Å². The van der Waals surface area contributed by atoms with E-state index in [1.165, 1.54) is 12.1 Å². The number of hydrogen-bond acceptors (Lipinski definition) is 6. The van der Waals surface area contributed by atoms with Crippen LogP contribution in [0.5, 0.6) is 11.6 Å². The second kappa shape index (κ2) is 5.98. The van der Waals surface area contributed by atoms with Crippen LogP contribution in [0.4, 0.5) is 11.5 Å². The first kappa shape index (κ1) is 13.8. The van der Waals surface area contributed by atoms with Crippen molar-refractivity contribution in [3.05, 3.63) is 52.1 Å². The average Bonchev–Trinajstić information content (AvgIpc) is 2.47. The average molecular weight is 275 g/mol. The molecule has 7 nitrogen and oxygen atoms in total. The van der Waals surface area contributed by atoms with E-state index in [1.807, 2.05) is 0 Å². The van der Waals surface area contributed by atoms with E-state index < -0.39 is 4.92 Å². The number of nitrogens with zero attached hydrogens (tertiary/aromatic N) is 2. The summed E-state index contributed by atoms with van der Waals surface area (Å²) in [5.41, 5.74) is 0.424. The van der Waals surface area contributed by atoms with Crippen LogP contribution in [-0.2, 0) is 6.61 Å². The van der Waals surface area contributed by atoms with Crippen LogP contribution < -0.4 is 10.1 Å². The molecule has 0 unspecified atom stereocenters. The molecule has 2 aromatic rings. The van der Waals surface area contributed by atoms with Crippen LogP contribution >= 0.6 is 0 Å². The molecule has 0 spiro atoms. The summed E-state index contributed by atoms with van der Waals surface area (Å²) in [6, 6.07) is 9.46. The van der Waals surface area contributed by atoms with Crippen molar-refractivity contribution in [1.29, 1.82) is 0 Å². The molecule has 0 aliphatic carbocycles. The van der Waals surface area contributed by atoms with Crippen LogP contribution in [0, 0.1) is 10.1 Å². The maximum absolute atomic E-state index is 11.0. The van der Waals surface area contributed by atoms with Gasteiger partial charge < -0.3 is 15.2 Å². The van der Waals surface area contributed by atoms with Gasteiger partial charge in [-0.15, -0.1) is 0 Å². The Labute approximate surface area is 115 Å². The molecular weight excluding hydrogens is 262 g/mol. The minimum Gasteiger partial charge on any atom is -0.434 e. The van der Waals surface area contributed by atoms with Gasteiger partial charge in [-0.05, 0) is 23.8 Å². The molecule has 0 aliphatic heterocycles. The zero-order valence-electron chi connectivity index (χ0n) is 10.7. The number of nitrogens with one attached hydrogen (secondary N) is 1. The first-order valence-electron chi connectivity index (χ1n) is 5.85. The predicted molar refractivity (Wildman–Crippen MR) is 72.9 cm³/mol. The molecule has 0 saturated carbocycles. The highest BCUT2D eigenvalue weighted by molar-refractivity contribution is 5.50. The Bertz CT molecular complexity index is 631. The smallest absolute Gasteiger partial charge is 0.331 e. The molecule has 20 heavy (non-hydrogen) atoms. The largest absolute Gasteiger partial charge is 0.434 e. The lowest BCUT2D eigenvalue weighted by Gasteiger charge is -2.08. The third-order valence-corrected chi connectivity index (χ3v) is 2.59. The topological polar surface area (TPSA) is 97.5 Å². The molecule has 104 valence electrons. The molecular formula is C13H13N3O4. The normalized spacial score (nSPS) is 10.1. The van der Waals surface area contributed by atoms with Gasteiger partial charge in [-0.3, -0.25) is 10.1 Å². The number of pyridine rings is 1. The molecule has 0 aliphatic rings. The number of rotatable bonds is 5. The summed E-state index contributed by atoms with van der Waals surface area (Å²) in [6.07, 6.45) is 0. The maximum atomic E-state index is 11.0. The first-order valence-corrected chi connectivity index (χ1v) is 5.85. The number of aromatic nitrogens is 1. The van der Waals surface area contributed by atoms with Gasteiger partial charge in [0, 0.05) is 13.1 Å². The second-order valence-electron chi connectivity index (χ2n) is 3.94. The Morgan fingerprint density at radius 1 is 1.40 bits per heavy atom. The molecule has 0 fully saturated rings. The first-order chi connectivity index (χ1) is 9.63. The van der Waals surface area contributed by atoms with Crippen molar-refractivity contribution in [2.45, 2.75) is 6.61 Å². The highest BCUT2D eigenvalue weighted by Crippen LogP contribution is 2.30. The fourth-order valence-electron chi connectivity index (χ4n) is 1.61. The summed E-state index contributed by atoms with van der Waals surface area (Å²) in [6.45, 7) is -0.136. The van der Waals surface area contributed by atoms with Crippen molar-refractivity contribution < 1.29 is 14.8 Å². The third kappa shape index (κ3) is 3.01. The number of benzene rings is 1. The van der Waals surface area contributed by atoms with Crippen LogP contribution in [0.1, 0.15) is 5.56 Å². The highest BCUT2D eigenvalue weighted by Gasteiger charge is 2.18. The summed E-state index contributed by atoms with van der Waals surface area (Å²) >= 11 is 0. The molecule has 7 heteroatoms. The maximum Gasteiger partial charge on any atom is 0.331 e. The molecule has 0 atom stereocenters. The van der Waals surface area contributed by atoms with Gasteiger partial charge in [-0.2, -0.15) is 4.98 Å². The molecule has 2 rings (SSSR count). The van der Waals surface area contributed by atoms with Gasteiger partial charge in [-0.1, -0.05) is 12.1 Å². The van der Waals surface area contributed by atoms with Gasteiger partial charge in [0.1, 0.15) is 11.6 Å². The van der Waals surface area contributed by atoms with Crippen molar-refractivity contribution in [3.63, 3.8) is 0 Å². The van der Waals surface area contributed by atoms with E-state index in [9.17, 15) is 10.1 Å². The molecule has 1 heterocycles. The van der Waals surface area contributed by atoms with Crippen molar-refractivity contribution >= 4 is 11.5 Å². The Balaban J connectivity index is 2.37. The SMILES string of the molecule is CNc1ccc([N+](=O)[O-])c(Oc2cccc(CO)c2)n1. The van der Waals surface area contributed by atoms with E-state index in [0.29, 0.717) is 17.1 Å². The van der Waals surface area contributed by atoms with E-state index in [-0.39, 0.29) is 18.2 Å². The lowest BCUT2D eigenvalue weighted by molar-refractivity contribution is -0.386. The van der Waals surface area contributed by atoms with Crippen LogP contribution in [0.15, 0.2) is 36.4 Å². The third-order valence-electron chi connectivity index (χ3n) is 2.59. The molecule has 0 amide bonds. The monoisotopic (exact) mass is 275 g/mol. The van der Waals surface area contributed by atoms with Crippen molar-refractivity contribution in [2.75, 3.05) is 12.4 Å². The number of hydrogen-bond donors (Lipinski definition) is 2. The van der Waals surface area contributed by atoms with Crippen molar-refractivity contribution in [2.24, 2.45) is 0 Å². The summed E-state index contributed by atoms with van der Waals surface area (Å²) in [5, 5.41) is 22.8. The Morgan fingerprint density at radius 2 is 2.20 bits per heavy atom. The van der Waals surface area contributed by atoms with Gasteiger partial charge in [0.25, 0.3) is 0 Å². The molecule has 1 aromatic carbocycles. The minimum atomic E-state index is -0.558. The van der Waals surface area contributed by atoms with Crippen LogP contribution in [0.3, 0.4) is 0 Å². The summed E-state index contributed by atoms with van der Waals surface area (Å²) in [5.74, 6) is 0.737. The van der Waals surface area contributed by atoms with Crippen LogP contribution in [0.25, 0.3) is 0 Å². The Hall–Kier alpha value is -2.67. The quantitative estimate of drug-likeness (QED) is 0.642. The lowest BCUT2D eigenvalue weighted by atomic mass is 10.2. The predicted octanol–water partition coefficient (Wildman–Crippen LogP) is 2.32. The number of aliphatic hydroxyl groups is 1. The summed E-state index contributed by atoms with van der Waals surface area (Å²) in [4.78, 5) is 14.4. The molecule has 0 bridgehead atoms. The van der Waals surface area contributed by atoms with E-state index in [4.69, 9.17) is 9.84 Å². The molecule has 0 radical (unpaired) electrons. The number of ether oxygens (including phenoxy) is 1. The zero-order chi connectivity index (χ0) is 14.5. The van der Waals surface area contributed by atoms with Crippen molar-refractivity contribution in [1.82, 2.24) is 4.98 Å². The second-order valence-corrected chi connectivity index (χ2v) is 3.94. The van der Waals surface area contributed by atoms with Gasteiger partial charge >= 0.3 is 11.6 Å². The fourth-order valence-corrected chi connectivity index (χ4v) is 1.61. The Morgan fingerprint density at radius 3 is 2.85 bits per heavy atom. The van der Waals surface area contributed by atoms with E-state index in [1.54, 1.807) is 31.3 Å². The number of anilines is 1. The van der Waals surface area contributed by atoms with Gasteiger partial charge in [0.2, 0.25) is 0 Å². The van der Waals surface area contributed by atoms with Crippen LogP contribution in [0.2, 0.25) is 0 Å². The lowest BCUT2D eigenvalue weighted by Crippen LogP contribution is -1.99. The molecule has 1 aromatic heterocycles. The zero-order valence-corrected chi connectivity index (χ0v) is 10.7. The van der Waals surface area contributed by atoms with Gasteiger partial charge in [-0.25, -0.2) is 0 Å². The van der Waals surface area contributed by atoms with Gasteiger partial charge in [0.15, 0.2) is 0 Å². The van der Waals surface area contributed by atoms with E-state index in [2.05, 4.69) is 10.3 Å². The number of nitro groups is 1. The van der Waals surface area contributed by atoms with E-state index in [0.717, 1.165) is 0 Å². The van der Waals surface area contributed by atoms with Gasteiger partial charge in [0.05, 0.1) is 11.5 Å². The standard InChI is InChI=1S/C13H13N3O4/c1-14-12-6-5-11(16(18)19)13(15-12)20-10-4-2-3-9(7-10)8-17/h2-7,17H,8H2,1H3,(H,14,15). The summed E-state index contributed by atoms with van der Waals surface area (Å²) < 4.78 is 5.45. The van der Waals surface area contributed by atoms with Crippen molar-refractivity contribution in [3.8, 4) is 11.6 Å². The minimum absolute atomic E-state index is 0.100. The number of aliphatic hydroxyl groups excluding tert-OH is 1. The molecule has 2 N–H and O–H groups in total.